The molecule has 0 amide bonds. The second-order valence-electron chi connectivity index (χ2n) is 5.04. The SMILES string of the molecule is COc1ccc(C)cc1-c1nc2ccc([N+](=O)[O-])cn2c1C=O. The van der Waals surface area contributed by atoms with E-state index in [0.717, 1.165) is 5.56 Å². The summed E-state index contributed by atoms with van der Waals surface area (Å²) in [6, 6.07) is 8.42. The summed E-state index contributed by atoms with van der Waals surface area (Å²) < 4.78 is 6.76. The molecule has 116 valence electrons. The number of carbonyl (C=O) groups excluding carboxylic acids is 1. The Labute approximate surface area is 131 Å². The van der Waals surface area contributed by atoms with Gasteiger partial charge in [0, 0.05) is 11.6 Å². The lowest BCUT2D eigenvalue weighted by atomic mass is 10.1. The number of imidazole rings is 1. The molecule has 0 unspecified atom stereocenters. The Bertz CT molecular complexity index is 930. The predicted molar refractivity (Wildman–Crippen MR) is 84.0 cm³/mol. The molecule has 0 atom stereocenters. The lowest BCUT2D eigenvalue weighted by molar-refractivity contribution is -0.385. The van der Waals surface area contributed by atoms with Gasteiger partial charge in [-0.05, 0) is 25.1 Å². The summed E-state index contributed by atoms with van der Waals surface area (Å²) in [5.41, 5.74) is 2.67. The van der Waals surface area contributed by atoms with Crippen LogP contribution in [-0.2, 0) is 0 Å². The van der Waals surface area contributed by atoms with Gasteiger partial charge in [0.2, 0.25) is 0 Å². The van der Waals surface area contributed by atoms with Crippen LogP contribution < -0.4 is 4.74 Å². The van der Waals surface area contributed by atoms with E-state index in [1.807, 2.05) is 19.1 Å². The second kappa shape index (κ2) is 5.53. The molecule has 23 heavy (non-hydrogen) atoms. The fourth-order valence-corrected chi connectivity index (χ4v) is 2.48. The van der Waals surface area contributed by atoms with E-state index in [-0.39, 0.29) is 11.4 Å². The Morgan fingerprint density at radius 2 is 2.09 bits per heavy atom. The smallest absolute Gasteiger partial charge is 0.286 e. The van der Waals surface area contributed by atoms with Crippen molar-refractivity contribution in [3.8, 4) is 17.0 Å². The molecule has 2 aromatic heterocycles. The van der Waals surface area contributed by atoms with Crippen LogP contribution in [0.1, 0.15) is 16.1 Å². The van der Waals surface area contributed by atoms with E-state index in [0.29, 0.717) is 28.9 Å². The molecule has 0 N–H and O–H groups in total. The van der Waals surface area contributed by atoms with Crippen LogP contribution in [0.3, 0.4) is 0 Å². The molecular weight excluding hydrogens is 298 g/mol. The van der Waals surface area contributed by atoms with Gasteiger partial charge in [-0.2, -0.15) is 0 Å². The fourth-order valence-electron chi connectivity index (χ4n) is 2.48. The first kappa shape index (κ1) is 14.7. The number of nitrogens with zero attached hydrogens (tertiary/aromatic N) is 3. The van der Waals surface area contributed by atoms with Crippen LogP contribution in [0.4, 0.5) is 5.69 Å². The van der Waals surface area contributed by atoms with Crippen molar-refractivity contribution in [3.05, 3.63) is 57.9 Å². The van der Waals surface area contributed by atoms with Gasteiger partial charge < -0.3 is 4.74 Å². The van der Waals surface area contributed by atoms with Gasteiger partial charge in [0.15, 0.2) is 6.29 Å². The van der Waals surface area contributed by atoms with E-state index < -0.39 is 4.92 Å². The van der Waals surface area contributed by atoms with Gasteiger partial charge in [0.05, 0.1) is 18.2 Å². The maximum Gasteiger partial charge on any atom is 0.286 e. The number of pyridine rings is 1. The van der Waals surface area contributed by atoms with Crippen LogP contribution in [0.25, 0.3) is 16.9 Å². The average Bonchev–Trinajstić information content (AvgIpc) is 2.92. The van der Waals surface area contributed by atoms with E-state index >= 15 is 0 Å². The Kier molecular flexibility index (Phi) is 3.53. The van der Waals surface area contributed by atoms with Crippen molar-refractivity contribution < 1.29 is 14.5 Å². The topological polar surface area (TPSA) is 86.7 Å². The standard InChI is InChI=1S/C16H13N3O4/c1-10-3-5-14(23-2)12(7-10)16-13(9-20)18-8-11(19(21)22)4-6-15(18)17-16/h3-9H,1-2H3. The van der Waals surface area contributed by atoms with Crippen molar-refractivity contribution >= 4 is 17.6 Å². The molecule has 0 saturated heterocycles. The molecule has 0 saturated carbocycles. The fraction of sp³-hybridized carbons (Fsp3) is 0.125. The first-order valence-electron chi connectivity index (χ1n) is 6.82. The summed E-state index contributed by atoms with van der Waals surface area (Å²) in [5, 5.41) is 10.9. The van der Waals surface area contributed by atoms with Crippen molar-refractivity contribution in [2.75, 3.05) is 7.11 Å². The molecule has 7 heteroatoms. The van der Waals surface area contributed by atoms with E-state index in [4.69, 9.17) is 4.74 Å². The Balaban J connectivity index is 2.32. The second-order valence-corrected chi connectivity index (χ2v) is 5.04. The van der Waals surface area contributed by atoms with Crippen LogP contribution in [0.2, 0.25) is 0 Å². The molecule has 0 fully saturated rings. The molecule has 0 spiro atoms. The Morgan fingerprint density at radius 1 is 1.30 bits per heavy atom. The predicted octanol–water partition coefficient (Wildman–Crippen LogP) is 3.04. The lowest BCUT2D eigenvalue weighted by Gasteiger charge is -2.07. The van der Waals surface area contributed by atoms with E-state index in [2.05, 4.69) is 4.98 Å². The Hall–Kier alpha value is -3.22. The molecule has 0 radical (unpaired) electrons. The van der Waals surface area contributed by atoms with Crippen LogP contribution in [0, 0.1) is 17.0 Å². The normalized spacial score (nSPS) is 10.7. The molecule has 0 aliphatic heterocycles. The number of hydrogen-bond acceptors (Lipinski definition) is 5. The van der Waals surface area contributed by atoms with E-state index in [1.54, 1.807) is 6.07 Å². The number of fused-ring (bicyclic) bond motifs is 1. The van der Waals surface area contributed by atoms with E-state index in [9.17, 15) is 14.9 Å². The molecule has 7 nitrogen and oxygen atoms in total. The van der Waals surface area contributed by atoms with Gasteiger partial charge in [-0.15, -0.1) is 0 Å². The van der Waals surface area contributed by atoms with Crippen molar-refractivity contribution in [2.45, 2.75) is 6.92 Å². The molecule has 3 rings (SSSR count). The van der Waals surface area contributed by atoms with Crippen LogP contribution in [-0.4, -0.2) is 27.7 Å². The number of aryl methyl sites for hydroxylation is 1. The summed E-state index contributed by atoms with van der Waals surface area (Å²) in [5.74, 6) is 0.580. The minimum atomic E-state index is -0.513. The average molecular weight is 311 g/mol. The number of nitro groups is 1. The zero-order valence-corrected chi connectivity index (χ0v) is 12.5. The van der Waals surface area contributed by atoms with Crippen molar-refractivity contribution in [1.29, 1.82) is 0 Å². The molecule has 0 aliphatic rings. The first-order valence-corrected chi connectivity index (χ1v) is 6.82. The summed E-state index contributed by atoms with van der Waals surface area (Å²) in [6.45, 7) is 1.92. The number of rotatable bonds is 4. The van der Waals surface area contributed by atoms with Gasteiger partial charge in [0.1, 0.15) is 22.8 Å². The van der Waals surface area contributed by atoms with Crippen molar-refractivity contribution in [2.24, 2.45) is 0 Å². The Morgan fingerprint density at radius 3 is 2.74 bits per heavy atom. The highest BCUT2D eigenvalue weighted by molar-refractivity contribution is 5.88. The number of ether oxygens (including phenoxy) is 1. The van der Waals surface area contributed by atoms with Crippen molar-refractivity contribution in [3.63, 3.8) is 0 Å². The van der Waals surface area contributed by atoms with Gasteiger partial charge in [0.25, 0.3) is 5.69 Å². The molecule has 3 aromatic rings. The molecule has 0 aliphatic carbocycles. The molecule has 1 aromatic carbocycles. The largest absolute Gasteiger partial charge is 0.496 e. The number of methoxy groups -OCH3 is 1. The maximum absolute atomic E-state index is 11.6. The van der Waals surface area contributed by atoms with Crippen LogP contribution in [0.15, 0.2) is 36.5 Å². The van der Waals surface area contributed by atoms with Gasteiger partial charge in [-0.3, -0.25) is 19.3 Å². The minimum Gasteiger partial charge on any atom is -0.496 e. The molecule has 2 heterocycles. The van der Waals surface area contributed by atoms with Gasteiger partial charge in [-0.1, -0.05) is 11.6 Å². The van der Waals surface area contributed by atoms with Crippen molar-refractivity contribution in [1.82, 2.24) is 9.38 Å². The highest BCUT2D eigenvalue weighted by Crippen LogP contribution is 2.33. The lowest BCUT2D eigenvalue weighted by Crippen LogP contribution is -1.96. The summed E-state index contributed by atoms with van der Waals surface area (Å²) >= 11 is 0. The highest BCUT2D eigenvalue weighted by Gasteiger charge is 2.19. The van der Waals surface area contributed by atoms with Gasteiger partial charge >= 0.3 is 0 Å². The summed E-state index contributed by atoms with van der Waals surface area (Å²) in [6.07, 6.45) is 1.93. The maximum atomic E-state index is 11.6. The minimum absolute atomic E-state index is 0.110. The summed E-state index contributed by atoms with van der Waals surface area (Å²) in [7, 11) is 1.54. The third kappa shape index (κ3) is 2.42. The third-order valence-electron chi connectivity index (χ3n) is 3.57. The molecular formula is C16H13N3O4. The summed E-state index contributed by atoms with van der Waals surface area (Å²) in [4.78, 5) is 26.4. The number of hydrogen-bond donors (Lipinski definition) is 0. The number of aldehydes is 1. The van der Waals surface area contributed by atoms with Crippen LogP contribution >= 0.6 is 0 Å². The first-order chi connectivity index (χ1) is 11.0. The zero-order valence-electron chi connectivity index (χ0n) is 12.5. The monoisotopic (exact) mass is 311 g/mol. The third-order valence-corrected chi connectivity index (χ3v) is 3.57. The van der Waals surface area contributed by atoms with Crippen LogP contribution in [0.5, 0.6) is 5.75 Å². The number of benzene rings is 1. The zero-order chi connectivity index (χ0) is 16.6. The number of carbonyl (C=O) groups is 1. The highest BCUT2D eigenvalue weighted by atomic mass is 16.6. The van der Waals surface area contributed by atoms with Gasteiger partial charge in [-0.25, -0.2) is 4.98 Å². The molecule has 0 bridgehead atoms. The van der Waals surface area contributed by atoms with E-state index in [1.165, 1.54) is 29.8 Å². The quantitative estimate of drug-likeness (QED) is 0.420. The number of aromatic nitrogens is 2.